The van der Waals surface area contributed by atoms with Gasteiger partial charge >= 0.3 is 0 Å². The molecule has 0 fully saturated rings. The van der Waals surface area contributed by atoms with E-state index in [1.165, 1.54) is 16.2 Å². The maximum Gasteiger partial charge on any atom is 0.266 e. The summed E-state index contributed by atoms with van der Waals surface area (Å²) in [5, 5.41) is 0. The lowest BCUT2D eigenvalue weighted by Gasteiger charge is -2.23. The molecule has 1 rings (SSSR count). The van der Waals surface area contributed by atoms with Crippen molar-refractivity contribution in [3.05, 3.63) is 16.1 Å². The number of carbonyl (C=O) groups is 1. The molecule has 0 aromatic carbocycles. The van der Waals surface area contributed by atoms with Crippen LogP contribution in [0.15, 0.2) is 5.51 Å². The Hall–Kier alpha value is -1.01. The van der Waals surface area contributed by atoms with Gasteiger partial charge in [-0.2, -0.15) is 0 Å². The van der Waals surface area contributed by atoms with Crippen LogP contribution in [-0.4, -0.2) is 33.9 Å². The normalized spacial score (nSPS) is 12.2. The van der Waals surface area contributed by atoms with E-state index in [1.54, 1.807) is 19.5 Å². The van der Waals surface area contributed by atoms with Gasteiger partial charge in [0.15, 0.2) is 0 Å². The van der Waals surface area contributed by atoms with Gasteiger partial charge in [0.2, 0.25) is 0 Å². The quantitative estimate of drug-likeness (QED) is 0.810. The molecule has 2 N–H and O–H groups in total. The summed E-state index contributed by atoms with van der Waals surface area (Å²) in [6, 6.07) is -0.242. The van der Waals surface area contributed by atoms with Gasteiger partial charge in [0.1, 0.15) is 4.88 Å². The van der Waals surface area contributed by atoms with Crippen LogP contribution in [0.4, 0.5) is 0 Å². The molecular formula is C9H13N3OS2. The molecule has 0 radical (unpaired) electrons. The fourth-order valence-electron chi connectivity index (χ4n) is 1.03. The summed E-state index contributed by atoms with van der Waals surface area (Å²) >= 11 is 6.18. The van der Waals surface area contributed by atoms with Gasteiger partial charge in [-0.1, -0.05) is 12.2 Å². The zero-order valence-electron chi connectivity index (χ0n) is 8.85. The number of hydrogen-bond donors (Lipinski definition) is 1. The van der Waals surface area contributed by atoms with Gasteiger partial charge in [-0.3, -0.25) is 4.79 Å². The number of thiocarbonyl (C=S) groups is 1. The Morgan fingerprint density at radius 3 is 2.73 bits per heavy atom. The number of nitrogens with zero attached hydrogens (tertiary/aromatic N) is 2. The van der Waals surface area contributed by atoms with Gasteiger partial charge in [-0.25, -0.2) is 4.98 Å². The largest absolute Gasteiger partial charge is 0.392 e. The topological polar surface area (TPSA) is 59.2 Å². The third kappa shape index (κ3) is 2.51. The molecule has 1 unspecified atom stereocenters. The van der Waals surface area contributed by atoms with E-state index >= 15 is 0 Å². The monoisotopic (exact) mass is 243 g/mol. The molecule has 0 saturated carbocycles. The molecule has 6 heteroatoms. The van der Waals surface area contributed by atoms with Crippen LogP contribution < -0.4 is 5.73 Å². The van der Waals surface area contributed by atoms with Crippen molar-refractivity contribution in [1.82, 2.24) is 9.88 Å². The lowest BCUT2D eigenvalue weighted by Crippen LogP contribution is -2.42. The second kappa shape index (κ2) is 4.67. The zero-order valence-corrected chi connectivity index (χ0v) is 10.5. The molecular weight excluding hydrogens is 230 g/mol. The Morgan fingerprint density at radius 1 is 1.73 bits per heavy atom. The van der Waals surface area contributed by atoms with Crippen molar-refractivity contribution in [2.45, 2.75) is 19.9 Å². The Bertz CT molecular complexity index is 388. The average molecular weight is 243 g/mol. The Labute approximate surface area is 98.1 Å². The fourth-order valence-corrected chi connectivity index (χ4v) is 1.98. The minimum Gasteiger partial charge on any atom is -0.392 e. The summed E-state index contributed by atoms with van der Waals surface area (Å²) in [5.41, 5.74) is 7.89. The van der Waals surface area contributed by atoms with Gasteiger partial charge in [-0.05, 0) is 13.8 Å². The fraction of sp³-hybridized carbons (Fsp3) is 0.444. The smallest absolute Gasteiger partial charge is 0.266 e. The van der Waals surface area contributed by atoms with Crippen molar-refractivity contribution in [2.75, 3.05) is 7.05 Å². The Morgan fingerprint density at radius 2 is 2.33 bits per heavy atom. The summed E-state index contributed by atoms with van der Waals surface area (Å²) in [6.45, 7) is 3.61. The number of carbonyl (C=O) groups excluding carboxylic acids is 1. The van der Waals surface area contributed by atoms with E-state index in [0.717, 1.165) is 5.69 Å². The standard InChI is InChI=1S/C9H13N3OS2/c1-5-7(15-4-11-5)9(13)12(3)6(2)8(10)14/h4,6H,1-3H3,(H2,10,14). The third-order valence-electron chi connectivity index (χ3n) is 2.25. The molecule has 1 heterocycles. The van der Waals surface area contributed by atoms with Gasteiger partial charge in [0, 0.05) is 7.05 Å². The molecule has 0 saturated heterocycles. The molecule has 0 bridgehead atoms. The highest BCUT2D eigenvalue weighted by atomic mass is 32.1. The van der Waals surface area contributed by atoms with Crippen molar-refractivity contribution in [3.63, 3.8) is 0 Å². The number of thiazole rings is 1. The highest BCUT2D eigenvalue weighted by molar-refractivity contribution is 7.80. The molecule has 1 aromatic rings. The van der Waals surface area contributed by atoms with Crippen LogP contribution in [0, 0.1) is 6.92 Å². The lowest BCUT2D eigenvalue weighted by molar-refractivity contribution is 0.0783. The molecule has 1 amide bonds. The van der Waals surface area contributed by atoms with E-state index in [0.29, 0.717) is 9.87 Å². The van der Waals surface area contributed by atoms with Crippen molar-refractivity contribution in [1.29, 1.82) is 0 Å². The minimum atomic E-state index is -0.242. The van der Waals surface area contributed by atoms with Crippen molar-refractivity contribution in [2.24, 2.45) is 5.73 Å². The summed E-state index contributed by atoms with van der Waals surface area (Å²) < 4.78 is 0. The van der Waals surface area contributed by atoms with E-state index in [2.05, 4.69) is 4.98 Å². The Balaban J connectivity index is 2.86. The van der Waals surface area contributed by atoms with E-state index < -0.39 is 0 Å². The van der Waals surface area contributed by atoms with E-state index in [1.807, 2.05) is 6.92 Å². The first-order chi connectivity index (χ1) is 6.95. The van der Waals surface area contributed by atoms with Gasteiger partial charge in [0.25, 0.3) is 5.91 Å². The third-order valence-corrected chi connectivity index (χ3v) is 3.51. The predicted octanol–water partition coefficient (Wildman–Crippen LogP) is 1.20. The Kier molecular flexibility index (Phi) is 3.76. The molecule has 82 valence electrons. The van der Waals surface area contributed by atoms with Gasteiger partial charge in [-0.15, -0.1) is 11.3 Å². The first-order valence-corrected chi connectivity index (χ1v) is 5.70. The highest BCUT2D eigenvalue weighted by Crippen LogP contribution is 2.15. The molecule has 0 spiro atoms. The van der Waals surface area contributed by atoms with Crippen molar-refractivity contribution < 1.29 is 4.79 Å². The average Bonchev–Trinajstić information content (AvgIpc) is 2.60. The van der Waals surface area contributed by atoms with Gasteiger partial charge < -0.3 is 10.6 Å². The summed E-state index contributed by atoms with van der Waals surface area (Å²) in [5.74, 6) is -0.0877. The summed E-state index contributed by atoms with van der Waals surface area (Å²) in [4.78, 5) is 18.5. The predicted molar refractivity (Wildman–Crippen MR) is 65.2 cm³/mol. The second-order valence-corrected chi connectivity index (χ2v) is 4.59. The SMILES string of the molecule is Cc1ncsc1C(=O)N(C)C(C)C(N)=S. The van der Waals surface area contributed by atoms with E-state index in [9.17, 15) is 4.79 Å². The number of aryl methyl sites for hydroxylation is 1. The van der Waals surface area contributed by atoms with Crippen LogP contribution in [0.3, 0.4) is 0 Å². The molecule has 1 atom stereocenters. The number of hydrogen-bond acceptors (Lipinski definition) is 4. The maximum atomic E-state index is 12.0. The molecule has 4 nitrogen and oxygen atoms in total. The zero-order chi connectivity index (χ0) is 11.6. The second-order valence-electron chi connectivity index (χ2n) is 3.26. The van der Waals surface area contributed by atoms with Crippen LogP contribution >= 0.6 is 23.6 Å². The van der Waals surface area contributed by atoms with E-state index in [-0.39, 0.29) is 11.9 Å². The number of aromatic nitrogens is 1. The number of nitrogens with two attached hydrogens (primary N) is 1. The molecule has 0 aliphatic rings. The number of rotatable bonds is 3. The van der Waals surface area contributed by atoms with Crippen molar-refractivity contribution >= 4 is 34.5 Å². The summed E-state index contributed by atoms with van der Waals surface area (Å²) in [6.07, 6.45) is 0. The minimum absolute atomic E-state index is 0.0877. The number of likely N-dealkylation sites (N-methyl/N-ethyl adjacent to an activating group) is 1. The van der Waals surface area contributed by atoms with Crippen LogP contribution in [-0.2, 0) is 0 Å². The van der Waals surface area contributed by atoms with Crippen LogP contribution in [0.2, 0.25) is 0 Å². The van der Waals surface area contributed by atoms with Gasteiger partial charge in [0.05, 0.1) is 22.2 Å². The molecule has 0 aliphatic heterocycles. The molecule has 1 aromatic heterocycles. The highest BCUT2D eigenvalue weighted by Gasteiger charge is 2.21. The lowest BCUT2D eigenvalue weighted by atomic mass is 10.2. The maximum absolute atomic E-state index is 12.0. The summed E-state index contributed by atoms with van der Waals surface area (Å²) in [7, 11) is 1.69. The van der Waals surface area contributed by atoms with E-state index in [4.69, 9.17) is 18.0 Å². The molecule has 0 aliphatic carbocycles. The van der Waals surface area contributed by atoms with Crippen LogP contribution in [0.5, 0.6) is 0 Å². The van der Waals surface area contributed by atoms with Crippen molar-refractivity contribution in [3.8, 4) is 0 Å². The van der Waals surface area contributed by atoms with Crippen LogP contribution in [0.25, 0.3) is 0 Å². The molecule has 15 heavy (non-hydrogen) atoms. The first kappa shape index (κ1) is 12.1. The van der Waals surface area contributed by atoms with Crippen LogP contribution in [0.1, 0.15) is 22.3 Å². The first-order valence-electron chi connectivity index (χ1n) is 4.41. The number of amides is 1.